The van der Waals surface area contributed by atoms with E-state index in [2.05, 4.69) is 75.5 Å². The van der Waals surface area contributed by atoms with E-state index in [1.807, 2.05) is 6.08 Å². The standard InChI is InChI=1S/C57H100O6/c1-4-7-10-13-16-19-22-25-27-29-32-35-38-41-44-47-50-56(59)62-53-54(52-61-55(58)49-46-43-40-37-34-31-24-21-18-15-12-9-6-3)63-57(60)51-48-45-42-39-36-33-30-28-26-23-20-17-14-11-8-5-2/h7,10,16,19,25,27,32,35,41,44,54H,4-6,8-9,11-15,17-18,20-24,26,28-31,33-34,36-40,42-43,45-53H2,1-3H3/b10-7-,19-16-,27-25-,35-32-,44-41-. The van der Waals surface area contributed by atoms with Crippen molar-refractivity contribution >= 4 is 17.9 Å². The SMILES string of the molecule is CC/C=C\C/C=C\C/C=C\C/C=C\C/C=C\CCC(=O)OCC(COC(=O)CCCCCCCCCCCCCCC)OC(=O)CCCCCCCCCCCCCCCCCC. The monoisotopic (exact) mass is 881 g/mol. The van der Waals surface area contributed by atoms with Crippen molar-refractivity contribution < 1.29 is 28.6 Å². The third kappa shape index (κ3) is 50.0. The molecule has 0 aliphatic heterocycles. The molecule has 6 heteroatoms. The lowest BCUT2D eigenvalue weighted by molar-refractivity contribution is -0.166. The molecule has 0 spiro atoms. The highest BCUT2D eigenvalue weighted by Crippen LogP contribution is 2.16. The van der Waals surface area contributed by atoms with Gasteiger partial charge in [-0.25, -0.2) is 0 Å². The summed E-state index contributed by atoms with van der Waals surface area (Å²) in [5.41, 5.74) is 0. The van der Waals surface area contributed by atoms with Crippen LogP contribution in [0.2, 0.25) is 0 Å². The molecule has 1 unspecified atom stereocenters. The van der Waals surface area contributed by atoms with Gasteiger partial charge in [-0.3, -0.25) is 14.4 Å². The second kappa shape index (κ2) is 51.7. The minimum Gasteiger partial charge on any atom is -0.462 e. The zero-order valence-electron chi connectivity index (χ0n) is 41.6. The third-order valence-corrected chi connectivity index (χ3v) is 11.6. The number of carbonyl (C=O) groups excluding carboxylic acids is 3. The largest absolute Gasteiger partial charge is 0.462 e. The molecular weight excluding hydrogens is 781 g/mol. The van der Waals surface area contributed by atoms with Crippen molar-refractivity contribution in [1.82, 2.24) is 0 Å². The van der Waals surface area contributed by atoms with Crippen molar-refractivity contribution in [2.24, 2.45) is 0 Å². The summed E-state index contributed by atoms with van der Waals surface area (Å²) in [5.74, 6) is -0.970. The molecule has 1 atom stereocenters. The predicted molar refractivity (Wildman–Crippen MR) is 270 cm³/mol. The van der Waals surface area contributed by atoms with E-state index in [9.17, 15) is 14.4 Å². The summed E-state index contributed by atoms with van der Waals surface area (Å²) in [5, 5.41) is 0. The second-order valence-corrected chi connectivity index (χ2v) is 17.8. The highest BCUT2D eigenvalue weighted by molar-refractivity contribution is 5.71. The quantitative estimate of drug-likeness (QED) is 0.0262. The first-order valence-electron chi connectivity index (χ1n) is 26.8. The van der Waals surface area contributed by atoms with E-state index >= 15 is 0 Å². The molecule has 0 fully saturated rings. The first-order chi connectivity index (χ1) is 31.0. The van der Waals surface area contributed by atoms with Crippen molar-refractivity contribution in [3.05, 3.63) is 60.8 Å². The summed E-state index contributed by atoms with van der Waals surface area (Å²) in [6.45, 7) is 6.48. The summed E-state index contributed by atoms with van der Waals surface area (Å²) in [7, 11) is 0. The zero-order chi connectivity index (χ0) is 45.8. The van der Waals surface area contributed by atoms with Crippen molar-refractivity contribution in [3.63, 3.8) is 0 Å². The average molecular weight is 881 g/mol. The van der Waals surface area contributed by atoms with Gasteiger partial charge < -0.3 is 14.2 Å². The molecule has 0 aromatic carbocycles. The average Bonchev–Trinajstić information content (AvgIpc) is 3.28. The van der Waals surface area contributed by atoms with Crippen LogP contribution < -0.4 is 0 Å². The van der Waals surface area contributed by atoms with Crippen molar-refractivity contribution in [2.45, 2.75) is 271 Å². The number of carbonyl (C=O) groups is 3. The van der Waals surface area contributed by atoms with E-state index in [4.69, 9.17) is 14.2 Å². The molecule has 0 saturated carbocycles. The van der Waals surface area contributed by atoms with Gasteiger partial charge >= 0.3 is 17.9 Å². The number of ether oxygens (including phenoxy) is 3. The molecule has 0 bridgehead atoms. The normalized spacial score (nSPS) is 12.5. The van der Waals surface area contributed by atoms with Gasteiger partial charge in [0.25, 0.3) is 0 Å². The van der Waals surface area contributed by atoms with Crippen LogP contribution in [0.4, 0.5) is 0 Å². The number of unbranched alkanes of at least 4 members (excludes halogenated alkanes) is 27. The van der Waals surface area contributed by atoms with E-state index in [0.29, 0.717) is 19.3 Å². The molecule has 0 heterocycles. The Kier molecular flexibility index (Phi) is 49.4. The van der Waals surface area contributed by atoms with Gasteiger partial charge in [0.1, 0.15) is 13.2 Å². The molecule has 0 radical (unpaired) electrons. The molecule has 0 aliphatic rings. The molecule has 0 aromatic heterocycles. The van der Waals surface area contributed by atoms with Crippen LogP contribution in [-0.4, -0.2) is 37.2 Å². The summed E-state index contributed by atoms with van der Waals surface area (Å²) in [6, 6.07) is 0. The van der Waals surface area contributed by atoms with Crippen molar-refractivity contribution in [2.75, 3.05) is 13.2 Å². The van der Waals surface area contributed by atoms with Crippen LogP contribution >= 0.6 is 0 Å². The lowest BCUT2D eigenvalue weighted by Gasteiger charge is -2.18. The lowest BCUT2D eigenvalue weighted by Crippen LogP contribution is -2.30. The van der Waals surface area contributed by atoms with Crippen molar-refractivity contribution in [3.8, 4) is 0 Å². The van der Waals surface area contributed by atoms with Crippen LogP contribution in [-0.2, 0) is 28.6 Å². The fourth-order valence-electron chi connectivity index (χ4n) is 7.55. The minimum atomic E-state index is -0.799. The van der Waals surface area contributed by atoms with Crippen LogP contribution in [0.3, 0.4) is 0 Å². The highest BCUT2D eigenvalue weighted by Gasteiger charge is 2.19. The number of hydrogen-bond donors (Lipinski definition) is 0. The van der Waals surface area contributed by atoms with Crippen LogP contribution in [0, 0.1) is 0 Å². The molecule has 0 saturated heterocycles. The highest BCUT2D eigenvalue weighted by atomic mass is 16.6. The molecule has 0 aliphatic carbocycles. The van der Waals surface area contributed by atoms with Gasteiger partial charge in [-0.05, 0) is 51.4 Å². The minimum absolute atomic E-state index is 0.0932. The Labute approximate surface area is 390 Å². The van der Waals surface area contributed by atoms with Gasteiger partial charge in [0, 0.05) is 19.3 Å². The molecule has 0 rings (SSSR count). The maximum Gasteiger partial charge on any atom is 0.306 e. The van der Waals surface area contributed by atoms with Crippen LogP contribution in [0.1, 0.15) is 265 Å². The summed E-state index contributed by atoms with van der Waals surface area (Å²) >= 11 is 0. The Bertz CT molecular complexity index is 1150. The molecule has 0 aromatic rings. The second-order valence-electron chi connectivity index (χ2n) is 17.8. The first-order valence-corrected chi connectivity index (χ1v) is 26.8. The molecule has 0 amide bonds. The van der Waals surface area contributed by atoms with E-state index in [1.165, 1.54) is 148 Å². The number of esters is 3. The molecule has 6 nitrogen and oxygen atoms in total. The lowest BCUT2D eigenvalue weighted by atomic mass is 10.0. The number of rotatable bonds is 48. The maximum absolute atomic E-state index is 12.8. The van der Waals surface area contributed by atoms with Crippen LogP contribution in [0.25, 0.3) is 0 Å². The molecule has 63 heavy (non-hydrogen) atoms. The fourth-order valence-corrected chi connectivity index (χ4v) is 7.55. The van der Waals surface area contributed by atoms with Gasteiger partial charge in [0.2, 0.25) is 0 Å². The Morgan fingerprint density at radius 2 is 0.619 bits per heavy atom. The van der Waals surface area contributed by atoms with E-state index < -0.39 is 6.10 Å². The Hall–Kier alpha value is -2.89. The Balaban J connectivity index is 4.45. The van der Waals surface area contributed by atoms with Gasteiger partial charge in [-0.15, -0.1) is 0 Å². The molecular formula is C57H100O6. The molecule has 364 valence electrons. The Morgan fingerprint density at radius 3 is 0.968 bits per heavy atom. The first kappa shape index (κ1) is 60.1. The van der Waals surface area contributed by atoms with Crippen LogP contribution in [0.5, 0.6) is 0 Å². The number of allylic oxidation sites excluding steroid dienone is 10. The fraction of sp³-hybridized carbons (Fsp3) is 0.772. The summed E-state index contributed by atoms with van der Waals surface area (Å²) in [4.78, 5) is 38.0. The van der Waals surface area contributed by atoms with Gasteiger partial charge in [0.05, 0.1) is 0 Å². The Morgan fingerprint density at radius 1 is 0.333 bits per heavy atom. The van der Waals surface area contributed by atoms with Crippen molar-refractivity contribution in [1.29, 1.82) is 0 Å². The summed E-state index contributed by atoms with van der Waals surface area (Å²) < 4.78 is 16.8. The van der Waals surface area contributed by atoms with E-state index in [1.54, 1.807) is 0 Å². The smallest absolute Gasteiger partial charge is 0.306 e. The topological polar surface area (TPSA) is 78.9 Å². The van der Waals surface area contributed by atoms with Crippen LogP contribution in [0.15, 0.2) is 60.8 Å². The van der Waals surface area contributed by atoms with Gasteiger partial charge in [0.15, 0.2) is 6.10 Å². The third-order valence-electron chi connectivity index (χ3n) is 11.6. The number of hydrogen-bond acceptors (Lipinski definition) is 6. The van der Waals surface area contributed by atoms with E-state index in [0.717, 1.165) is 70.6 Å². The molecule has 0 N–H and O–H groups in total. The van der Waals surface area contributed by atoms with E-state index in [-0.39, 0.29) is 37.5 Å². The zero-order valence-corrected chi connectivity index (χ0v) is 41.6. The van der Waals surface area contributed by atoms with Gasteiger partial charge in [-0.2, -0.15) is 0 Å². The van der Waals surface area contributed by atoms with Gasteiger partial charge in [-0.1, -0.05) is 255 Å². The summed E-state index contributed by atoms with van der Waals surface area (Å²) in [6.07, 6.45) is 63.6. The maximum atomic E-state index is 12.8. The predicted octanol–water partition coefficient (Wildman–Crippen LogP) is 17.6.